The molecule has 0 radical (unpaired) electrons. The lowest BCUT2D eigenvalue weighted by Gasteiger charge is -2.10. The first-order chi connectivity index (χ1) is 67.9. The van der Waals surface area contributed by atoms with Gasteiger partial charge in [0, 0.05) is 155 Å². The molecule has 16 heteroatoms. The molecule has 25 aromatic rings. The number of benzene rings is 16. The van der Waals surface area contributed by atoms with Crippen LogP contribution in [0.4, 0.5) is 0 Å². The number of aryl methyl sites for hydroxylation is 4. The van der Waals surface area contributed by atoms with Crippen LogP contribution in [0, 0.1) is 6.92 Å². The van der Waals surface area contributed by atoms with Gasteiger partial charge in [-0.2, -0.15) is 9.97 Å². The summed E-state index contributed by atoms with van der Waals surface area (Å²) in [6, 6.07) is 143. The highest BCUT2D eigenvalue weighted by atomic mass is 79.9. The van der Waals surface area contributed by atoms with Gasteiger partial charge in [-0.1, -0.05) is 383 Å². The first-order valence-corrected chi connectivity index (χ1v) is 48.4. The molecule has 1 aliphatic rings. The maximum Gasteiger partial charge on any atom is 0.226 e. The first kappa shape index (κ1) is 87.2. The van der Waals surface area contributed by atoms with E-state index in [-0.39, 0.29) is 5.28 Å². The molecule has 0 amide bonds. The van der Waals surface area contributed by atoms with Crippen molar-refractivity contribution in [2.75, 3.05) is 0 Å². The van der Waals surface area contributed by atoms with Crippen molar-refractivity contribution in [3.8, 4) is 113 Å². The molecule has 9 aromatic heterocycles. The average molecular weight is 1930 g/mol. The van der Waals surface area contributed by atoms with Crippen LogP contribution >= 0.6 is 43.5 Å². The molecule has 0 saturated carbocycles. The van der Waals surface area contributed by atoms with Gasteiger partial charge in [-0.3, -0.25) is 0 Å². The van der Waals surface area contributed by atoms with E-state index in [0.29, 0.717) is 29.1 Å². The molecule has 0 spiro atoms. The van der Waals surface area contributed by atoms with Crippen molar-refractivity contribution < 1.29 is 0 Å². The minimum absolute atomic E-state index is 0.202. The Morgan fingerprint density at radius 2 is 0.514 bits per heavy atom. The van der Waals surface area contributed by atoms with Crippen molar-refractivity contribution in [3.05, 3.63) is 443 Å². The van der Waals surface area contributed by atoms with Crippen molar-refractivity contribution in [3.63, 3.8) is 0 Å². The topological polar surface area (TPSA) is 144 Å². The maximum absolute atomic E-state index is 5.99. The van der Waals surface area contributed by atoms with Crippen LogP contribution in [-0.2, 0) is 26.1 Å². The Morgan fingerprint density at radius 1 is 0.239 bits per heavy atom. The van der Waals surface area contributed by atoms with Crippen molar-refractivity contribution in [2.45, 2.75) is 53.8 Å². The lowest BCUT2D eigenvalue weighted by atomic mass is 10.0. The molecule has 0 N–H and O–H groups in total. The maximum atomic E-state index is 5.99. The van der Waals surface area contributed by atoms with Crippen LogP contribution in [0.1, 0.15) is 37.5 Å². The number of hydrogen-bond acceptors (Lipinski definition) is 10. The van der Waals surface area contributed by atoms with E-state index < -0.39 is 0 Å². The number of nitrogens with zero attached hydrogens (tertiary/aromatic N) is 13. The van der Waals surface area contributed by atoms with Crippen LogP contribution in [0.2, 0.25) is 5.28 Å². The second kappa shape index (κ2) is 38.3. The molecule has 662 valence electrons. The molecule has 0 atom stereocenters. The number of hydrogen-bond donors (Lipinski definition) is 0. The Labute approximate surface area is 819 Å². The number of fused-ring (bicyclic) bond motifs is 20. The molecular weight excluding hydrogens is 1840 g/mol. The van der Waals surface area contributed by atoms with Gasteiger partial charge < -0.3 is 13.7 Å². The third kappa shape index (κ3) is 17.2. The van der Waals surface area contributed by atoms with Crippen LogP contribution in [0.5, 0.6) is 0 Å². The highest BCUT2D eigenvalue weighted by molar-refractivity contribution is 9.10. The number of para-hydroxylation sites is 3. The summed E-state index contributed by atoms with van der Waals surface area (Å²) in [5, 5.41) is 12.6. The van der Waals surface area contributed by atoms with E-state index in [9.17, 15) is 0 Å². The van der Waals surface area contributed by atoms with Gasteiger partial charge in [0.1, 0.15) is 0 Å². The predicted molar refractivity (Wildman–Crippen MR) is 579 cm³/mol. The van der Waals surface area contributed by atoms with Crippen molar-refractivity contribution in [1.29, 1.82) is 0 Å². The quantitative estimate of drug-likeness (QED) is 0.116. The zero-order valence-electron chi connectivity index (χ0n) is 76.0. The summed E-state index contributed by atoms with van der Waals surface area (Å²) in [5.41, 5.74) is 31.6. The highest BCUT2D eigenvalue weighted by Gasteiger charge is 2.24. The number of rotatable bonds is 12. The molecule has 0 fully saturated rings. The van der Waals surface area contributed by atoms with Gasteiger partial charge in [0.05, 0.1) is 61.4 Å². The SMILES string of the molecule is Brc1ccc(-c2ccc3ccc4c(c3n2)Cc2ccccc2-4)cc1.CCn1c2ccccc2c2ccc3ccc(-c4ccc(-c5nc(-c6ccccc6)nc(-c6ccccc6)n5)cc4)nc3c21.CCn1c2ccccc2c2ccc3ccc(-c4ccc(Br)cc4)nc3c21.CCn1c2ccccc2c2ccc3ccc(-c4ccc(C)cc4)nc3c21.Clc1nc(-c2ccccc2)nc(-c2ccccc2)n1. The van der Waals surface area contributed by atoms with E-state index in [0.717, 1.165) is 135 Å². The van der Waals surface area contributed by atoms with Gasteiger partial charge in [-0.05, 0) is 128 Å². The van der Waals surface area contributed by atoms with E-state index >= 15 is 0 Å². The summed E-state index contributed by atoms with van der Waals surface area (Å²) in [6.07, 6.45) is 0.972. The average Bonchev–Trinajstić information content (AvgIpc) is 1.59. The van der Waals surface area contributed by atoms with E-state index in [2.05, 4.69) is 379 Å². The first-order valence-electron chi connectivity index (χ1n) is 46.4. The van der Waals surface area contributed by atoms with E-state index in [4.69, 9.17) is 46.5 Å². The fourth-order valence-corrected chi connectivity index (χ4v) is 19.8. The van der Waals surface area contributed by atoms with Gasteiger partial charge in [-0.15, -0.1) is 0 Å². The van der Waals surface area contributed by atoms with Gasteiger partial charge in [0.25, 0.3) is 0 Å². The molecule has 0 bridgehead atoms. The van der Waals surface area contributed by atoms with Crippen molar-refractivity contribution in [1.82, 2.24) is 63.5 Å². The second-order valence-corrected chi connectivity index (χ2v) is 36.3. The molecule has 0 saturated heterocycles. The fourth-order valence-electron chi connectivity index (χ4n) is 19.1. The van der Waals surface area contributed by atoms with Crippen LogP contribution in [-0.4, -0.2) is 63.5 Å². The smallest absolute Gasteiger partial charge is 0.226 e. The van der Waals surface area contributed by atoms with Crippen molar-refractivity contribution in [2.24, 2.45) is 0 Å². The zero-order valence-corrected chi connectivity index (χ0v) is 80.0. The molecule has 13 nitrogen and oxygen atoms in total. The monoisotopic (exact) mass is 1930 g/mol. The third-order valence-corrected chi connectivity index (χ3v) is 27.0. The molecule has 0 unspecified atom stereocenters. The predicted octanol–water partition coefficient (Wildman–Crippen LogP) is 32.4. The third-order valence-electron chi connectivity index (χ3n) is 25.8. The molecule has 0 aliphatic heterocycles. The summed E-state index contributed by atoms with van der Waals surface area (Å²) < 4.78 is 9.31. The van der Waals surface area contributed by atoms with E-state index in [1.807, 2.05) is 121 Å². The standard InChI is InChI=1S/C38H27N5.C24H20N2.C23H17BrN2.C22H14BrN.C15H10ClN3/c1-2-43-33-16-10-9-15-30(33)31-23-21-26-22-24-32(39-34(26)35(31)43)25-17-19-29(20-18-25)38-41-36(27-11-5-3-6-12-27)40-37(42-38)28-13-7-4-8-14-28;1-3-26-22-7-5-4-6-19(22)20-14-12-18-13-15-21(25-23(18)24(20)26)17-10-8-16(2)9-11-17;1-2-26-21-6-4-3-5-18(21)19-13-9-16-10-14-20(25-22(16)23(19)26)15-7-11-17(24)12-8-15;23-17-9-5-14(6-10-17)21-12-8-15-7-11-19-18-4-2-1-3-16(18)13-20(19)22(15)24-21;16-15-18-13(11-7-3-1-4-8-11)17-14(19-15)12-9-5-2-6-10-12/h3-24H,2H2,1H3;4-15H,3H2,1-2H3;3-14H,2H2,1H3;1-12H,13H2;1-10H. The largest absolute Gasteiger partial charge is 0.339 e. The highest BCUT2D eigenvalue weighted by Crippen LogP contribution is 2.43. The summed E-state index contributed by atoms with van der Waals surface area (Å²) >= 11 is 13.0. The Hall–Kier alpha value is -16.2. The van der Waals surface area contributed by atoms with Crippen LogP contribution in [0.25, 0.3) is 222 Å². The number of aromatic nitrogens is 13. The van der Waals surface area contributed by atoms with E-state index in [1.54, 1.807) is 0 Å². The Bertz CT molecular complexity index is 8570. The molecule has 26 rings (SSSR count). The van der Waals surface area contributed by atoms with Crippen molar-refractivity contribution >= 4 is 152 Å². The van der Waals surface area contributed by atoms with E-state index in [1.165, 1.54) is 109 Å². The lowest BCUT2D eigenvalue weighted by molar-refractivity contribution is 0.829. The number of halogens is 3. The lowest BCUT2D eigenvalue weighted by Crippen LogP contribution is -2.00. The minimum Gasteiger partial charge on any atom is -0.339 e. The van der Waals surface area contributed by atoms with Gasteiger partial charge in [-0.25, -0.2) is 39.9 Å². The summed E-state index contributed by atoms with van der Waals surface area (Å²) in [5.74, 6) is 3.11. The Balaban J connectivity index is 0.000000103. The van der Waals surface area contributed by atoms with Crippen LogP contribution < -0.4 is 0 Å². The fraction of sp³-hybridized carbons (Fsp3) is 0.0656. The summed E-state index contributed by atoms with van der Waals surface area (Å²) in [7, 11) is 0. The second-order valence-electron chi connectivity index (χ2n) is 34.1. The molecule has 16 aromatic carbocycles. The number of pyridine rings is 4. The van der Waals surface area contributed by atoms with Gasteiger partial charge in [0.15, 0.2) is 29.1 Å². The minimum atomic E-state index is 0.202. The summed E-state index contributed by atoms with van der Waals surface area (Å²) in [4.78, 5) is 47.8. The Morgan fingerprint density at radius 3 is 0.877 bits per heavy atom. The molecular formula is C122H88Br2ClN13. The van der Waals surface area contributed by atoms with Crippen LogP contribution in [0.3, 0.4) is 0 Å². The molecule has 1 aliphatic carbocycles. The molecule has 138 heavy (non-hydrogen) atoms. The van der Waals surface area contributed by atoms with Gasteiger partial charge in [0.2, 0.25) is 5.28 Å². The normalized spacial score (nSPS) is 11.5. The summed E-state index contributed by atoms with van der Waals surface area (Å²) in [6.45, 7) is 11.4. The Kier molecular flexibility index (Phi) is 24.2. The molecule has 9 heterocycles. The van der Waals surface area contributed by atoms with Crippen LogP contribution in [0.15, 0.2) is 421 Å². The zero-order chi connectivity index (χ0) is 93.3. The van der Waals surface area contributed by atoms with Gasteiger partial charge >= 0.3 is 0 Å².